The standard InChI is InChI=1S/2C2H5O.BrH.O.V/c2*1-2-3;;;/h2*2H2,1H3;1H;;/q2*-1;;;+2. The average Bonchev–Trinajstić information content (AvgIpc) is 1.68. The molecule has 0 amide bonds. The molecule has 3 nitrogen and oxygen atoms in total. The zero-order chi connectivity index (χ0) is 6.41. The topological polar surface area (TPSA) is 35.5 Å². The first-order valence-corrected chi connectivity index (χ1v) is 4.25. The fraction of sp³-hybridized carbons (Fsp3) is 1.00. The van der Waals surface area contributed by atoms with E-state index in [1.54, 1.807) is 13.8 Å². The van der Waals surface area contributed by atoms with Gasteiger partial charge in [-0.25, -0.2) is 0 Å². The van der Waals surface area contributed by atoms with E-state index in [-0.39, 0.29) is 17.0 Å². The van der Waals surface area contributed by atoms with E-state index in [9.17, 15) is 3.67 Å². The van der Waals surface area contributed by atoms with Crippen molar-refractivity contribution < 1.29 is 26.8 Å². The van der Waals surface area contributed by atoms with E-state index in [0.29, 0.717) is 13.2 Å². The van der Waals surface area contributed by atoms with Gasteiger partial charge in [0.1, 0.15) is 0 Å². The Bertz CT molecular complexity index is 70.2. The van der Waals surface area contributed by atoms with Gasteiger partial charge in [0.15, 0.2) is 0 Å². The van der Waals surface area contributed by atoms with Gasteiger partial charge >= 0.3 is 53.9 Å². The number of rotatable bonds is 4. The van der Waals surface area contributed by atoms with Gasteiger partial charge < -0.3 is 0 Å². The molecule has 0 radical (unpaired) electrons. The zero-order valence-corrected chi connectivity index (χ0v) is 8.60. The van der Waals surface area contributed by atoms with E-state index < -0.39 is 15.8 Å². The average molecular weight is 238 g/mol. The normalized spacial score (nSPS) is 8.22. The van der Waals surface area contributed by atoms with Crippen LogP contribution in [0, 0.1) is 0 Å². The molecule has 5 heteroatoms. The third-order valence-corrected chi connectivity index (χ3v) is 1.93. The Balaban J connectivity index is 0. The van der Waals surface area contributed by atoms with Crippen LogP contribution in [0.25, 0.3) is 0 Å². The molecular formula is C4H11BrO3V. The minimum atomic E-state index is -2.51. The SMILES string of the molecule is Br.CC[O][V](=[O])[O]CC. The van der Waals surface area contributed by atoms with E-state index in [4.69, 9.17) is 0 Å². The zero-order valence-electron chi connectivity index (χ0n) is 5.49. The fourth-order valence-corrected chi connectivity index (χ4v) is 1.02. The molecule has 0 unspecified atom stereocenters. The molecule has 0 aromatic carbocycles. The van der Waals surface area contributed by atoms with E-state index in [1.165, 1.54) is 0 Å². The van der Waals surface area contributed by atoms with Gasteiger partial charge in [0.2, 0.25) is 0 Å². The third-order valence-electron chi connectivity index (χ3n) is 0.469. The van der Waals surface area contributed by atoms with E-state index in [2.05, 4.69) is 7.32 Å². The quantitative estimate of drug-likeness (QED) is 0.743. The van der Waals surface area contributed by atoms with Gasteiger partial charge in [-0.3, -0.25) is 0 Å². The van der Waals surface area contributed by atoms with Crippen molar-refractivity contribution >= 4 is 17.0 Å². The van der Waals surface area contributed by atoms with Gasteiger partial charge in [0.05, 0.1) is 0 Å². The summed E-state index contributed by atoms with van der Waals surface area (Å²) in [6, 6.07) is 0. The first-order valence-electron chi connectivity index (χ1n) is 2.54. The van der Waals surface area contributed by atoms with Crippen molar-refractivity contribution in [2.24, 2.45) is 0 Å². The Morgan fingerprint density at radius 1 is 1.22 bits per heavy atom. The second-order valence-electron chi connectivity index (χ2n) is 1.06. The van der Waals surface area contributed by atoms with Crippen LogP contribution in [0.2, 0.25) is 0 Å². The van der Waals surface area contributed by atoms with Crippen molar-refractivity contribution in [3.8, 4) is 0 Å². The van der Waals surface area contributed by atoms with Crippen LogP contribution in [0.1, 0.15) is 13.8 Å². The van der Waals surface area contributed by atoms with Crippen molar-refractivity contribution in [1.29, 1.82) is 0 Å². The maximum atomic E-state index is 10.4. The fourth-order valence-electron chi connectivity index (χ4n) is 0.248. The summed E-state index contributed by atoms with van der Waals surface area (Å²) in [6.07, 6.45) is 0. The van der Waals surface area contributed by atoms with Crippen LogP contribution >= 0.6 is 17.0 Å². The summed E-state index contributed by atoms with van der Waals surface area (Å²) in [5, 5.41) is 0. The molecule has 0 rings (SSSR count). The van der Waals surface area contributed by atoms with Gasteiger partial charge in [0.25, 0.3) is 0 Å². The molecule has 0 N–H and O–H groups in total. The number of hydrogen-bond donors (Lipinski definition) is 0. The van der Waals surface area contributed by atoms with E-state index in [1.807, 2.05) is 0 Å². The Morgan fingerprint density at radius 2 is 1.56 bits per heavy atom. The first-order chi connectivity index (χ1) is 3.81. The molecule has 0 spiro atoms. The summed E-state index contributed by atoms with van der Waals surface area (Å²) < 4.78 is 19.7. The molecule has 0 atom stereocenters. The van der Waals surface area contributed by atoms with Gasteiger partial charge in [-0.15, -0.1) is 17.0 Å². The third kappa shape index (κ3) is 8.78. The summed E-state index contributed by atoms with van der Waals surface area (Å²) in [5.74, 6) is 0. The molecule has 0 aliphatic carbocycles. The molecule has 57 valence electrons. The molecule has 0 aliphatic rings. The molecule has 0 heterocycles. The van der Waals surface area contributed by atoms with Crippen LogP contribution in [0.15, 0.2) is 0 Å². The van der Waals surface area contributed by atoms with Crippen LogP contribution in [0.3, 0.4) is 0 Å². The van der Waals surface area contributed by atoms with Crippen LogP contribution < -0.4 is 0 Å². The Hall–Kier alpha value is 0.784. The van der Waals surface area contributed by atoms with Crippen molar-refractivity contribution in [1.82, 2.24) is 0 Å². The van der Waals surface area contributed by atoms with Crippen LogP contribution in [-0.2, 0) is 26.8 Å². The summed E-state index contributed by atoms with van der Waals surface area (Å²) in [5.41, 5.74) is 0. The van der Waals surface area contributed by atoms with Crippen LogP contribution in [-0.4, -0.2) is 13.2 Å². The summed E-state index contributed by atoms with van der Waals surface area (Å²) in [7, 11) is 0. The maximum absolute atomic E-state index is 10.4. The first kappa shape index (κ1) is 12.5. The molecular weight excluding hydrogens is 227 g/mol. The van der Waals surface area contributed by atoms with E-state index in [0.717, 1.165) is 0 Å². The second kappa shape index (κ2) is 8.78. The van der Waals surface area contributed by atoms with Crippen LogP contribution in [0.5, 0.6) is 0 Å². The molecule has 9 heavy (non-hydrogen) atoms. The predicted molar refractivity (Wildman–Crippen MR) is 34.3 cm³/mol. The molecule has 0 saturated heterocycles. The summed E-state index contributed by atoms with van der Waals surface area (Å²) >= 11 is -2.51. The predicted octanol–water partition coefficient (Wildman–Crippen LogP) is 1.43. The second-order valence-corrected chi connectivity index (χ2v) is 2.56. The Morgan fingerprint density at radius 3 is 1.78 bits per heavy atom. The van der Waals surface area contributed by atoms with E-state index >= 15 is 0 Å². The van der Waals surface area contributed by atoms with Crippen molar-refractivity contribution in [3.05, 3.63) is 0 Å². The molecule has 0 fully saturated rings. The Labute approximate surface area is 71.0 Å². The number of hydrogen-bond acceptors (Lipinski definition) is 3. The van der Waals surface area contributed by atoms with Crippen molar-refractivity contribution in [2.45, 2.75) is 13.8 Å². The summed E-state index contributed by atoms with van der Waals surface area (Å²) in [6.45, 7) is 4.53. The molecule has 0 aromatic rings. The van der Waals surface area contributed by atoms with Gasteiger partial charge in [-0.2, -0.15) is 0 Å². The van der Waals surface area contributed by atoms with Crippen molar-refractivity contribution in [3.63, 3.8) is 0 Å². The van der Waals surface area contributed by atoms with Crippen LogP contribution in [0.4, 0.5) is 0 Å². The van der Waals surface area contributed by atoms with Gasteiger partial charge in [-0.1, -0.05) is 0 Å². The molecule has 0 aromatic heterocycles. The summed E-state index contributed by atoms with van der Waals surface area (Å²) in [4.78, 5) is 0. The molecule has 0 saturated carbocycles. The van der Waals surface area contributed by atoms with Crippen molar-refractivity contribution in [2.75, 3.05) is 13.2 Å². The molecule has 0 aliphatic heterocycles. The molecule has 0 bridgehead atoms. The monoisotopic (exact) mass is 237 g/mol. The van der Waals surface area contributed by atoms with Gasteiger partial charge in [0, 0.05) is 0 Å². The minimum absolute atomic E-state index is 0. The van der Waals surface area contributed by atoms with Gasteiger partial charge in [-0.05, 0) is 0 Å². The number of halogens is 1. The Kier molecular flexibility index (Phi) is 12.2.